The normalized spacial score (nSPS) is 15.3. The first-order valence-electron chi connectivity index (χ1n) is 11.0. The fourth-order valence-electron chi connectivity index (χ4n) is 3.83. The number of nitrogens with zero attached hydrogens (tertiary/aromatic N) is 2. The zero-order valence-electron chi connectivity index (χ0n) is 19.5. The molecule has 0 saturated carbocycles. The van der Waals surface area contributed by atoms with Gasteiger partial charge in [0.25, 0.3) is 5.56 Å². The molecule has 0 spiro atoms. The number of aromatic hydroxyl groups is 1. The SMILES string of the molecule is C=CCOc1ccc([C@@H]2C(C(=O)OCC)=C(C)N=c3s/c(=C\c4cc(I)c(O)c(I)c4)c(=O)n32)cc1. The number of phenols is 1. The second-order valence-electron chi connectivity index (χ2n) is 7.80. The molecule has 186 valence electrons. The number of ether oxygens (including phenoxy) is 2. The van der Waals surface area contributed by atoms with Crippen LogP contribution in [-0.2, 0) is 9.53 Å². The van der Waals surface area contributed by atoms with Gasteiger partial charge in [0.15, 0.2) is 4.80 Å². The van der Waals surface area contributed by atoms with Gasteiger partial charge in [-0.25, -0.2) is 9.79 Å². The van der Waals surface area contributed by atoms with Crippen LogP contribution in [0.5, 0.6) is 11.5 Å². The highest BCUT2D eigenvalue weighted by molar-refractivity contribution is 14.1. The third-order valence-corrected chi connectivity index (χ3v) is 8.05. The van der Waals surface area contributed by atoms with E-state index in [9.17, 15) is 14.7 Å². The summed E-state index contributed by atoms with van der Waals surface area (Å²) >= 11 is 5.37. The summed E-state index contributed by atoms with van der Waals surface area (Å²) in [5, 5.41) is 10.1. The Balaban J connectivity index is 1.90. The van der Waals surface area contributed by atoms with Crippen molar-refractivity contribution in [2.45, 2.75) is 19.9 Å². The van der Waals surface area contributed by atoms with Gasteiger partial charge in [-0.1, -0.05) is 36.1 Å². The molecule has 0 radical (unpaired) electrons. The molecule has 10 heteroatoms. The molecule has 3 aromatic rings. The van der Waals surface area contributed by atoms with Crippen molar-refractivity contribution in [2.75, 3.05) is 13.2 Å². The molecule has 0 saturated heterocycles. The zero-order chi connectivity index (χ0) is 26.0. The molecule has 0 bridgehead atoms. The Labute approximate surface area is 238 Å². The molecule has 1 N–H and O–H groups in total. The molecule has 1 aromatic heterocycles. The van der Waals surface area contributed by atoms with Gasteiger partial charge in [0.05, 0.1) is 35.6 Å². The fraction of sp³-hybridized carbons (Fsp3) is 0.192. The molecule has 1 aliphatic rings. The molecule has 0 aliphatic carbocycles. The number of esters is 1. The lowest BCUT2D eigenvalue weighted by atomic mass is 9.96. The molecular formula is C26H22I2N2O5S. The zero-order valence-corrected chi connectivity index (χ0v) is 24.6. The van der Waals surface area contributed by atoms with Crippen LogP contribution in [0, 0.1) is 7.14 Å². The number of aromatic nitrogens is 1. The smallest absolute Gasteiger partial charge is 0.338 e. The molecule has 36 heavy (non-hydrogen) atoms. The summed E-state index contributed by atoms with van der Waals surface area (Å²) in [5.74, 6) is 0.360. The predicted octanol–water partition coefficient (Wildman–Crippen LogP) is 4.28. The lowest BCUT2D eigenvalue weighted by Gasteiger charge is -2.24. The van der Waals surface area contributed by atoms with Crippen molar-refractivity contribution >= 4 is 68.6 Å². The van der Waals surface area contributed by atoms with Crippen molar-refractivity contribution < 1.29 is 19.4 Å². The summed E-state index contributed by atoms with van der Waals surface area (Å²) in [4.78, 5) is 31.8. The van der Waals surface area contributed by atoms with Crippen molar-refractivity contribution in [1.29, 1.82) is 0 Å². The van der Waals surface area contributed by atoms with Crippen LogP contribution in [0.4, 0.5) is 0 Å². The molecular weight excluding hydrogens is 706 g/mol. The van der Waals surface area contributed by atoms with Gasteiger partial charge in [0.1, 0.15) is 18.1 Å². The van der Waals surface area contributed by atoms with E-state index in [2.05, 4.69) is 56.8 Å². The van der Waals surface area contributed by atoms with E-state index in [4.69, 9.17) is 9.47 Å². The molecule has 1 aliphatic heterocycles. The maximum atomic E-state index is 13.7. The minimum atomic E-state index is -0.698. The topological polar surface area (TPSA) is 90.1 Å². The van der Waals surface area contributed by atoms with E-state index in [1.807, 2.05) is 24.3 Å². The van der Waals surface area contributed by atoms with Crippen LogP contribution < -0.4 is 19.6 Å². The van der Waals surface area contributed by atoms with E-state index >= 15 is 0 Å². The van der Waals surface area contributed by atoms with Crippen molar-refractivity contribution in [1.82, 2.24) is 4.57 Å². The number of carbonyl (C=O) groups excluding carboxylic acids is 1. The number of rotatable bonds is 7. The minimum Gasteiger partial charge on any atom is -0.506 e. The highest BCUT2D eigenvalue weighted by Gasteiger charge is 2.33. The third-order valence-electron chi connectivity index (χ3n) is 5.42. The number of phenolic OH excluding ortho intramolecular Hbond substituents is 1. The first-order chi connectivity index (χ1) is 17.2. The van der Waals surface area contributed by atoms with E-state index < -0.39 is 12.0 Å². The summed E-state index contributed by atoms with van der Waals surface area (Å²) in [6.45, 7) is 7.73. The van der Waals surface area contributed by atoms with Crippen molar-refractivity contribution in [3.05, 3.63) is 98.3 Å². The van der Waals surface area contributed by atoms with Crippen LogP contribution in [0.2, 0.25) is 0 Å². The van der Waals surface area contributed by atoms with Gasteiger partial charge in [-0.3, -0.25) is 9.36 Å². The summed E-state index contributed by atoms with van der Waals surface area (Å²) in [6, 6.07) is 10.2. The van der Waals surface area contributed by atoms with Gasteiger partial charge in [-0.2, -0.15) is 0 Å². The van der Waals surface area contributed by atoms with E-state index in [0.29, 0.717) is 40.1 Å². The molecule has 0 unspecified atom stereocenters. The number of allylic oxidation sites excluding steroid dienone is 1. The number of carbonyl (C=O) groups is 1. The van der Waals surface area contributed by atoms with E-state index in [0.717, 1.165) is 11.1 Å². The van der Waals surface area contributed by atoms with Crippen LogP contribution in [0.3, 0.4) is 0 Å². The van der Waals surface area contributed by atoms with Crippen molar-refractivity contribution in [3.8, 4) is 11.5 Å². The third kappa shape index (κ3) is 5.30. The lowest BCUT2D eigenvalue weighted by Crippen LogP contribution is -2.39. The fourth-order valence-corrected chi connectivity index (χ4v) is 6.69. The first kappa shape index (κ1) is 26.6. The summed E-state index contributed by atoms with van der Waals surface area (Å²) in [5.41, 5.74) is 2.09. The van der Waals surface area contributed by atoms with E-state index in [1.54, 1.807) is 42.7 Å². The second kappa shape index (κ2) is 11.3. The summed E-state index contributed by atoms with van der Waals surface area (Å²) in [7, 11) is 0. The Morgan fingerprint density at radius 1 is 1.25 bits per heavy atom. The molecule has 0 amide bonds. The highest BCUT2D eigenvalue weighted by atomic mass is 127. The standard InChI is InChI=1S/C26H22I2N2O5S/c1-4-10-35-17-8-6-16(7-9-17)22-21(25(33)34-5-2)14(3)29-26-30(22)24(32)20(36-26)13-15-11-18(27)23(31)19(28)12-15/h4,6-9,11-13,22,31H,1,5,10H2,2-3H3/b20-13-/t22-/m1/s1. The summed E-state index contributed by atoms with van der Waals surface area (Å²) in [6.07, 6.45) is 3.44. The van der Waals surface area contributed by atoms with Crippen LogP contribution in [0.25, 0.3) is 6.08 Å². The monoisotopic (exact) mass is 728 g/mol. The lowest BCUT2D eigenvalue weighted by molar-refractivity contribution is -0.139. The molecule has 2 aromatic carbocycles. The van der Waals surface area contributed by atoms with E-state index in [1.165, 1.54) is 11.3 Å². The van der Waals surface area contributed by atoms with Gasteiger partial charge >= 0.3 is 5.97 Å². The van der Waals surface area contributed by atoms with Crippen LogP contribution in [-0.4, -0.2) is 28.9 Å². The van der Waals surface area contributed by atoms with Crippen LogP contribution in [0.1, 0.15) is 31.0 Å². The molecule has 0 fully saturated rings. The second-order valence-corrected chi connectivity index (χ2v) is 11.1. The van der Waals surface area contributed by atoms with Gasteiger partial charge in [0, 0.05) is 0 Å². The molecule has 1 atom stereocenters. The van der Waals surface area contributed by atoms with Gasteiger partial charge in [-0.05, 0) is 100 Å². The van der Waals surface area contributed by atoms with Gasteiger partial charge in [-0.15, -0.1) is 0 Å². The Morgan fingerprint density at radius 2 is 1.92 bits per heavy atom. The maximum Gasteiger partial charge on any atom is 0.338 e. The Morgan fingerprint density at radius 3 is 2.53 bits per heavy atom. The average molecular weight is 728 g/mol. The number of hydrogen-bond acceptors (Lipinski definition) is 7. The number of benzene rings is 2. The van der Waals surface area contributed by atoms with E-state index in [-0.39, 0.29) is 17.9 Å². The number of fused-ring (bicyclic) bond motifs is 1. The van der Waals surface area contributed by atoms with Crippen LogP contribution in [0.15, 0.2) is 70.1 Å². The molecule has 4 rings (SSSR count). The van der Waals surface area contributed by atoms with Crippen molar-refractivity contribution in [2.24, 2.45) is 4.99 Å². The molecule has 7 nitrogen and oxygen atoms in total. The number of halogens is 2. The quantitative estimate of drug-likeness (QED) is 0.223. The van der Waals surface area contributed by atoms with Gasteiger partial charge in [0.2, 0.25) is 0 Å². The largest absolute Gasteiger partial charge is 0.506 e. The molecule has 2 heterocycles. The highest BCUT2D eigenvalue weighted by Crippen LogP contribution is 2.32. The Bertz CT molecular complexity index is 1530. The van der Waals surface area contributed by atoms with Gasteiger partial charge < -0.3 is 14.6 Å². The summed E-state index contributed by atoms with van der Waals surface area (Å²) < 4.78 is 14.3. The minimum absolute atomic E-state index is 0.208. The Hall–Kier alpha value is -2.45. The number of hydrogen-bond donors (Lipinski definition) is 1. The van der Waals surface area contributed by atoms with Crippen LogP contribution >= 0.6 is 56.5 Å². The maximum absolute atomic E-state index is 13.7. The van der Waals surface area contributed by atoms with Crippen molar-refractivity contribution in [3.63, 3.8) is 0 Å². The Kier molecular flexibility index (Phi) is 8.35. The predicted molar refractivity (Wildman–Crippen MR) is 156 cm³/mol. The first-order valence-corrected chi connectivity index (χ1v) is 13.9. The average Bonchev–Trinajstić information content (AvgIpc) is 3.15. The number of thiazole rings is 1.